The van der Waals surface area contributed by atoms with E-state index >= 15 is 0 Å². The van der Waals surface area contributed by atoms with E-state index in [0.29, 0.717) is 0 Å². The Morgan fingerprint density at radius 1 is 0.742 bits per heavy atom. The molecule has 0 amide bonds. The summed E-state index contributed by atoms with van der Waals surface area (Å²) in [4.78, 5) is 12.2. The van der Waals surface area contributed by atoms with E-state index in [1.54, 1.807) is 6.08 Å². The van der Waals surface area contributed by atoms with Crippen molar-refractivity contribution >= 4 is 5.97 Å². The molecule has 3 rings (SSSR count). The number of rotatable bonds is 7. The number of hydrogen-bond acceptors (Lipinski definition) is 3. The summed E-state index contributed by atoms with van der Waals surface area (Å²) in [6, 6.07) is 30.5. The van der Waals surface area contributed by atoms with Crippen molar-refractivity contribution in [1.82, 2.24) is 0 Å². The lowest BCUT2D eigenvalue weighted by atomic mass is 9.80. The van der Waals surface area contributed by atoms with Gasteiger partial charge in [-0.3, -0.25) is 0 Å². The Kier molecular flexibility index (Phi) is 7.09. The Hall–Kier alpha value is -3.17. The number of ether oxygens (including phenoxy) is 2. The van der Waals surface area contributed by atoms with Crippen LogP contribution in [-0.2, 0) is 19.9 Å². The zero-order chi connectivity index (χ0) is 22.3. The molecule has 0 fully saturated rings. The fourth-order valence-electron chi connectivity index (χ4n) is 3.59. The fourth-order valence-corrected chi connectivity index (χ4v) is 3.59. The van der Waals surface area contributed by atoms with Gasteiger partial charge in [0.1, 0.15) is 11.2 Å². The molecule has 0 spiro atoms. The highest BCUT2D eigenvalue weighted by Gasteiger charge is 2.38. The molecule has 0 bridgehead atoms. The fraction of sp³-hybridized carbons (Fsp3) is 0.250. The Labute approximate surface area is 185 Å². The van der Waals surface area contributed by atoms with E-state index in [0.717, 1.165) is 16.7 Å². The summed E-state index contributed by atoms with van der Waals surface area (Å²) in [6.45, 7) is 7.49. The van der Waals surface area contributed by atoms with Crippen LogP contribution in [0.5, 0.6) is 0 Å². The molecule has 31 heavy (non-hydrogen) atoms. The van der Waals surface area contributed by atoms with E-state index in [-0.39, 0.29) is 12.1 Å². The first kappa shape index (κ1) is 22.5. The molecule has 0 aliphatic heterocycles. The first-order chi connectivity index (χ1) is 14.8. The van der Waals surface area contributed by atoms with Gasteiger partial charge in [-0.15, -0.1) is 0 Å². The summed E-state index contributed by atoms with van der Waals surface area (Å²) in [6.07, 6.45) is 2.84. The van der Waals surface area contributed by atoms with Gasteiger partial charge in [-0.05, 0) is 50.5 Å². The van der Waals surface area contributed by atoms with Crippen LogP contribution < -0.4 is 0 Å². The molecule has 0 aromatic heterocycles. The van der Waals surface area contributed by atoms with Crippen molar-refractivity contribution in [2.45, 2.75) is 45.0 Å². The molecule has 0 N–H and O–H groups in total. The Morgan fingerprint density at radius 3 is 1.48 bits per heavy atom. The zero-order valence-electron chi connectivity index (χ0n) is 18.6. The Balaban J connectivity index is 2.05. The van der Waals surface area contributed by atoms with Crippen LogP contribution in [-0.4, -0.2) is 17.7 Å². The summed E-state index contributed by atoms with van der Waals surface area (Å²) < 4.78 is 12.2. The van der Waals surface area contributed by atoms with Crippen molar-refractivity contribution in [3.8, 4) is 0 Å². The van der Waals surface area contributed by atoms with Gasteiger partial charge in [-0.2, -0.15) is 0 Å². The molecule has 0 aliphatic rings. The first-order valence-corrected chi connectivity index (χ1v) is 10.6. The van der Waals surface area contributed by atoms with Crippen LogP contribution in [0.15, 0.2) is 103 Å². The van der Waals surface area contributed by atoms with E-state index < -0.39 is 11.2 Å². The van der Waals surface area contributed by atoms with E-state index in [9.17, 15) is 4.79 Å². The monoisotopic (exact) mass is 414 g/mol. The molecule has 3 aromatic rings. The summed E-state index contributed by atoms with van der Waals surface area (Å²) in [5.74, 6) is -0.382. The highest BCUT2D eigenvalue weighted by molar-refractivity contribution is 5.82. The normalized spacial score (nSPS) is 13.2. The zero-order valence-corrected chi connectivity index (χ0v) is 18.6. The maximum Gasteiger partial charge on any atom is 0.331 e. The number of carbonyl (C=O) groups excluding carboxylic acids is 1. The van der Waals surface area contributed by atoms with E-state index in [2.05, 4.69) is 36.4 Å². The minimum absolute atomic E-state index is 0.354. The average molecular weight is 415 g/mol. The van der Waals surface area contributed by atoms with Gasteiger partial charge in [0.05, 0.1) is 6.10 Å². The first-order valence-electron chi connectivity index (χ1n) is 10.6. The molecule has 0 heterocycles. The van der Waals surface area contributed by atoms with Crippen LogP contribution in [0.1, 0.15) is 44.4 Å². The van der Waals surface area contributed by atoms with Crippen LogP contribution >= 0.6 is 0 Å². The van der Waals surface area contributed by atoms with Gasteiger partial charge < -0.3 is 9.47 Å². The third-order valence-electron chi connectivity index (χ3n) is 4.81. The van der Waals surface area contributed by atoms with Crippen molar-refractivity contribution in [3.05, 3.63) is 120 Å². The van der Waals surface area contributed by atoms with Gasteiger partial charge in [0.15, 0.2) is 0 Å². The van der Waals surface area contributed by atoms with Gasteiger partial charge in [0, 0.05) is 6.08 Å². The minimum Gasteiger partial charge on any atom is -0.457 e. The molecule has 0 aliphatic carbocycles. The van der Waals surface area contributed by atoms with Gasteiger partial charge in [-0.25, -0.2) is 4.79 Å². The summed E-state index contributed by atoms with van der Waals surface area (Å²) in [5, 5.41) is 0. The smallest absolute Gasteiger partial charge is 0.331 e. The molecule has 1 atom stereocenters. The van der Waals surface area contributed by atoms with Crippen molar-refractivity contribution in [3.63, 3.8) is 0 Å². The summed E-state index contributed by atoms with van der Waals surface area (Å²) in [5.41, 5.74) is 1.69. The van der Waals surface area contributed by atoms with Gasteiger partial charge in [0.25, 0.3) is 0 Å². The predicted molar refractivity (Wildman–Crippen MR) is 125 cm³/mol. The maximum atomic E-state index is 12.2. The third-order valence-corrected chi connectivity index (χ3v) is 4.81. The van der Waals surface area contributed by atoms with Crippen molar-refractivity contribution in [2.75, 3.05) is 0 Å². The lowest BCUT2D eigenvalue weighted by molar-refractivity contribution is -0.148. The second-order valence-electron chi connectivity index (χ2n) is 8.49. The molecule has 1 unspecified atom stereocenters. The largest absolute Gasteiger partial charge is 0.457 e. The van der Waals surface area contributed by atoms with Gasteiger partial charge in [0.2, 0.25) is 0 Å². The molecule has 0 radical (unpaired) electrons. The topological polar surface area (TPSA) is 35.5 Å². The average Bonchev–Trinajstić information content (AvgIpc) is 2.77. The molecule has 3 heteroatoms. The third kappa shape index (κ3) is 5.71. The SMILES string of the molecule is CC(/C=C/C(=O)OC(C)(C)C)OC(c1ccccc1)(c1ccccc1)c1ccccc1. The van der Waals surface area contributed by atoms with Gasteiger partial charge >= 0.3 is 5.97 Å². The van der Waals surface area contributed by atoms with Gasteiger partial charge in [-0.1, -0.05) is 91.0 Å². The predicted octanol–water partition coefficient (Wildman–Crippen LogP) is 6.28. The minimum atomic E-state index is -0.832. The molecule has 0 saturated carbocycles. The summed E-state index contributed by atoms with van der Waals surface area (Å²) >= 11 is 0. The lowest BCUT2D eigenvalue weighted by Crippen LogP contribution is -2.35. The van der Waals surface area contributed by atoms with Crippen LogP contribution in [0.4, 0.5) is 0 Å². The van der Waals surface area contributed by atoms with Crippen LogP contribution in [0.2, 0.25) is 0 Å². The quantitative estimate of drug-likeness (QED) is 0.259. The molecular formula is C28H30O3. The molecule has 3 aromatic carbocycles. The highest BCUT2D eigenvalue weighted by atomic mass is 16.6. The second kappa shape index (κ2) is 9.76. The van der Waals surface area contributed by atoms with E-state index in [1.807, 2.05) is 82.3 Å². The maximum absolute atomic E-state index is 12.2. The Morgan fingerprint density at radius 2 is 1.13 bits per heavy atom. The number of carbonyl (C=O) groups is 1. The molecule has 160 valence electrons. The standard InChI is InChI=1S/C28H30O3/c1-22(20-21-26(29)31-27(2,3)4)30-28(23-14-8-5-9-15-23,24-16-10-6-11-17-24)25-18-12-7-13-19-25/h5-22H,1-4H3/b21-20+. The molecule has 0 saturated heterocycles. The second-order valence-corrected chi connectivity index (χ2v) is 8.49. The van der Waals surface area contributed by atoms with E-state index in [4.69, 9.17) is 9.47 Å². The van der Waals surface area contributed by atoms with E-state index in [1.165, 1.54) is 6.08 Å². The lowest BCUT2D eigenvalue weighted by Gasteiger charge is -2.37. The van der Waals surface area contributed by atoms with Crippen LogP contribution in [0, 0.1) is 0 Å². The molecular weight excluding hydrogens is 384 g/mol. The van der Waals surface area contributed by atoms with Crippen molar-refractivity contribution in [1.29, 1.82) is 0 Å². The number of esters is 1. The van der Waals surface area contributed by atoms with Crippen LogP contribution in [0.25, 0.3) is 0 Å². The highest BCUT2D eigenvalue weighted by Crippen LogP contribution is 2.41. The van der Waals surface area contributed by atoms with Crippen molar-refractivity contribution in [2.24, 2.45) is 0 Å². The summed E-state index contributed by atoms with van der Waals surface area (Å²) in [7, 11) is 0. The van der Waals surface area contributed by atoms with Crippen LogP contribution in [0.3, 0.4) is 0 Å². The number of benzene rings is 3. The number of hydrogen-bond donors (Lipinski definition) is 0. The molecule has 3 nitrogen and oxygen atoms in total. The Bertz CT molecular complexity index is 890. The van der Waals surface area contributed by atoms with Crippen molar-refractivity contribution < 1.29 is 14.3 Å².